The summed E-state index contributed by atoms with van der Waals surface area (Å²) < 4.78 is 5.76. The molecule has 25 heavy (non-hydrogen) atoms. The molecule has 7 heteroatoms. The lowest BCUT2D eigenvalue weighted by molar-refractivity contribution is -0.903. The second-order valence-electron chi connectivity index (χ2n) is 6.08. The molecule has 1 aromatic carbocycles. The molecule has 0 aliphatic carbocycles. The van der Waals surface area contributed by atoms with Crippen molar-refractivity contribution in [1.82, 2.24) is 10.2 Å². The Bertz CT molecular complexity index is 827. The van der Waals surface area contributed by atoms with Gasteiger partial charge in [0.25, 0.3) is 17.7 Å². The zero-order chi connectivity index (χ0) is 17.8. The lowest BCUT2D eigenvalue weighted by Crippen LogP contribution is -3.10. The quantitative estimate of drug-likeness (QED) is 0.710. The molecule has 0 saturated heterocycles. The van der Waals surface area contributed by atoms with Crippen LogP contribution >= 0.6 is 11.3 Å². The van der Waals surface area contributed by atoms with Gasteiger partial charge in [-0.15, -0.1) is 21.5 Å². The van der Waals surface area contributed by atoms with Crippen LogP contribution in [0.2, 0.25) is 0 Å². The minimum Gasteiger partial charge on any atom is -0.414 e. The molecule has 2 heterocycles. The van der Waals surface area contributed by atoms with Gasteiger partial charge < -0.3 is 14.6 Å². The first kappa shape index (κ1) is 17.3. The highest BCUT2D eigenvalue weighted by molar-refractivity contribution is 7.13. The smallest absolute Gasteiger partial charge is 0.279 e. The van der Waals surface area contributed by atoms with Crippen LogP contribution in [0.4, 0.5) is 5.69 Å². The minimum atomic E-state index is -0.0787. The monoisotopic (exact) mass is 357 g/mol. The van der Waals surface area contributed by atoms with Gasteiger partial charge in [-0.25, -0.2) is 0 Å². The maximum absolute atomic E-state index is 12.2. The molecule has 1 amide bonds. The summed E-state index contributed by atoms with van der Waals surface area (Å²) in [6.07, 6.45) is 0. The second kappa shape index (κ2) is 7.58. The Morgan fingerprint density at radius 3 is 2.72 bits per heavy atom. The number of thiophene rings is 1. The number of hydrogen-bond acceptors (Lipinski definition) is 5. The Morgan fingerprint density at radius 2 is 2.04 bits per heavy atom. The highest BCUT2D eigenvalue weighted by Gasteiger charge is 2.24. The second-order valence-corrected chi connectivity index (χ2v) is 7.03. The zero-order valence-corrected chi connectivity index (χ0v) is 15.3. The van der Waals surface area contributed by atoms with E-state index < -0.39 is 0 Å². The topological polar surface area (TPSA) is 72.5 Å². The number of nitrogens with zero attached hydrogens (tertiary/aromatic N) is 2. The number of quaternary nitrogens is 1. The zero-order valence-electron chi connectivity index (χ0n) is 14.4. The Hall–Kier alpha value is -2.51. The largest absolute Gasteiger partial charge is 0.414 e. The van der Waals surface area contributed by atoms with E-state index in [1.54, 1.807) is 11.3 Å². The summed E-state index contributed by atoms with van der Waals surface area (Å²) in [6.45, 7) is 4.30. The molecule has 130 valence electrons. The molecule has 2 aromatic heterocycles. The summed E-state index contributed by atoms with van der Waals surface area (Å²) in [5, 5.41) is 13.1. The number of nitrogens with one attached hydrogen (secondary N) is 2. The standard InChI is InChI=1S/C18H20N4O2S/c1-12-6-8-14(9-7-12)19-16(23)11-22(3)13(2)17-20-21-18(24-17)15-5-4-10-25-15/h4-10,13H,11H2,1-3H3,(H,19,23)/p+1/t13-/m0/s1. The maximum atomic E-state index is 12.2. The highest BCUT2D eigenvalue weighted by atomic mass is 32.1. The van der Waals surface area contributed by atoms with Gasteiger partial charge in [0.1, 0.15) is 0 Å². The molecular weight excluding hydrogens is 336 g/mol. The van der Waals surface area contributed by atoms with Crippen LogP contribution in [0.15, 0.2) is 46.2 Å². The highest BCUT2D eigenvalue weighted by Crippen LogP contribution is 2.24. The van der Waals surface area contributed by atoms with E-state index in [4.69, 9.17) is 4.42 Å². The van der Waals surface area contributed by atoms with Crippen LogP contribution in [-0.4, -0.2) is 29.7 Å². The number of anilines is 1. The summed E-state index contributed by atoms with van der Waals surface area (Å²) in [7, 11) is 1.94. The molecule has 0 spiro atoms. The molecule has 0 aliphatic rings. The summed E-state index contributed by atoms with van der Waals surface area (Å²) in [6, 6.07) is 11.6. The van der Waals surface area contributed by atoms with E-state index in [0.717, 1.165) is 21.0 Å². The number of carbonyl (C=O) groups excluding carboxylic acids is 1. The normalized spacial score (nSPS) is 13.4. The fourth-order valence-corrected chi connectivity index (χ4v) is 3.01. The number of aromatic nitrogens is 2. The first-order valence-corrected chi connectivity index (χ1v) is 8.97. The van der Waals surface area contributed by atoms with Gasteiger partial charge in [-0.2, -0.15) is 0 Å². The van der Waals surface area contributed by atoms with Crippen molar-refractivity contribution in [3.63, 3.8) is 0 Å². The van der Waals surface area contributed by atoms with Gasteiger partial charge >= 0.3 is 0 Å². The van der Waals surface area contributed by atoms with E-state index in [0.29, 0.717) is 18.3 Å². The SMILES string of the molecule is Cc1ccc(NC(=O)C[NH+](C)[C@@H](C)c2nnc(-c3cccs3)o2)cc1. The molecule has 3 aromatic rings. The van der Waals surface area contributed by atoms with Crippen LogP contribution in [0.5, 0.6) is 0 Å². The van der Waals surface area contributed by atoms with Gasteiger partial charge in [-0.05, 0) is 37.4 Å². The third-order valence-electron chi connectivity index (χ3n) is 4.06. The van der Waals surface area contributed by atoms with E-state index in [-0.39, 0.29) is 11.9 Å². The van der Waals surface area contributed by atoms with Crippen LogP contribution in [0, 0.1) is 6.92 Å². The molecule has 0 saturated carbocycles. The number of likely N-dealkylation sites (N-methyl/N-ethyl adjacent to an activating group) is 1. The maximum Gasteiger partial charge on any atom is 0.279 e. The average Bonchev–Trinajstić information content (AvgIpc) is 3.27. The number of amides is 1. The summed E-state index contributed by atoms with van der Waals surface area (Å²) in [5.41, 5.74) is 1.96. The van der Waals surface area contributed by atoms with Crippen LogP contribution in [-0.2, 0) is 4.79 Å². The number of hydrogen-bond donors (Lipinski definition) is 2. The van der Waals surface area contributed by atoms with E-state index >= 15 is 0 Å². The molecule has 0 radical (unpaired) electrons. The predicted octanol–water partition coefficient (Wildman–Crippen LogP) is 2.32. The fraction of sp³-hybridized carbons (Fsp3) is 0.278. The van der Waals surface area contributed by atoms with Crippen molar-refractivity contribution in [3.05, 3.63) is 53.2 Å². The van der Waals surface area contributed by atoms with Gasteiger partial charge in [0.2, 0.25) is 0 Å². The number of rotatable bonds is 6. The lowest BCUT2D eigenvalue weighted by atomic mass is 10.2. The molecule has 0 bridgehead atoms. The average molecular weight is 357 g/mol. The van der Waals surface area contributed by atoms with Crippen LogP contribution < -0.4 is 10.2 Å². The molecule has 0 aliphatic heterocycles. The first-order valence-electron chi connectivity index (χ1n) is 8.09. The lowest BCUT2D eigenvalue weighted by Gasteiger charge is -2.18. The molecule has 3 rings (SSSR count). The first-order chi connectivity index (χ1) is 12.0. The van der Waals surface area contributed by atoms with E-state index in [9.17, 15) is 4.79 Å². The van der Waals surface area contributed by atoms with E-state index in [1.807, 2.05) is 62.7 Å². The van der Waals surface area contributed by atoms with Gasteiger partial charge in [-0.3, -0.25) is 4.79 Å². The molecule has 0 fully saturated rings. The molecular formula is C18H21N4O2S+. The van der Waals surface area contributed by atoms with Gasteiger partial charge in [0.15, 0.2) is 12.6 Å². The third-order valence-corrected chi connectivity index (χ3v) is 4.91. The van der Waals surface area contributed by atoms with Crippen molar-refractivity contribution in [3.8, 4) is 10.8 Å². The number of aryl methyl sites for hydroxylation is 1. The van der Waals surface area contributed by atoms with Crippen molar-refractivity contribution >= 4 is 22.9 Å². The van der Waals surface area contributed by atoms with Crippen LogP contribution in [0.3, 0.4) is 0 Å². The van der Waals surface area contributed by atoms with Crippen LogP contribution in [0.1, 0.15) is 24.4 Å². The number of carbonyl (C=O) groups is 1. The van der Waals surface area contributed by atoms with Crippen molar-refractivity contribution in [2.24, 2.45) is 0 Å². The Labute approximate surface area is 150 Å². The molecule has 2 atom stereocenters. The summed E-state index contributed by atoms with van der Waals surface area (Å²) in [5.74, 6) is 1.00. The Kier molecular flexibility index (Phi) is 5.25. The fourth-order valence-electron chi connectivity index (χ4n) is 2.37. The third kappa shape index (κ3) is 4.32. The minimum absolute atomic E-state index is 0.0498. The van der Waals surface area contributed by atoms with Crippen molar-refractivity contribution in [1.29, 1.82) is 0 Å². The van der Waals surface area contributed by atoms with E-state index in [2.05, 4.69) is 15.5 Å². The Morgan fingerprint density at radius 1 is 1.28 bits per heavy atom. The van der Waals surface area contributed by atoms with Crippen LogP contribution in [0.25, 0.3) is 10.8 Å². The van der Waals surface area contributed by atoms with Gasteiger partial charge in [0, 0.05) is 5.69 Å². The molecule has 6 nitrogen and oxygen atoms in total. The molecule has 1 unspecified atom stereocenters. The summed E-state index contributed by atoms with van der Waals surface area (Å²) in [4.78, 5) is 14.2. The van der Waals surface area contributed by atoms with Crippen molar-refractivity contribution in [2.45, 2.75) is 19.9 Å². The van der Waals surface area contributed by atoms with Crippen molar-refractivity contribution < 1.29 is 14.1 Å². The van der Waals surface area contributed by atoms with E-state index in [1.165, 1.54) is 0 Å². The predicted molar refractivity (Wildman–Crippen MR) is 97.6 cm³/mol. The van der Waals surface area contributed by atoms with Gasteiger partial charge in [0.05, 0.1) is 11.9 Å². The summed E-state index contributed by atoms with van der Waals surface area (Å²) >= 11 is 1.56. The Balaban J connectivity index is 1.59. The van der Waals surface area contributed by atoms with Gasteiger partial charge in [-0.1, -0.05) is 23.8 Å². The number of benzene rings is 1. The molecule has 2 N–H and O–H groups in total. The van der Waals surface area contributed by atoms with Crippen molar-refractivity contribution in [2.75, 3.05) is 18.9 Å².